The highest BCUT2D eigenvalue weighted by Crippen LogP contribution is 2.22. The van der Waals surface area contributed by atoms with E-state index < -0.39 is 0 Å². The summed E-state index contributed by atoms with van der Waals surface area (Å²) >= 11 is 5.99. The number of amides is 1. The van der Waals surface area contributed by atoms with E-state index in [0.29, 0.717) is 17.9 Å². The van der Waals surface area contributed by atoms with Crippen molar-refractivity contribution in [3.63, 3.8) is 0 Å². The highest BCUT2D eigenvalue weighted by atomic mass is 35.5. The second kappa shape index (κ2) is 8.84. The van der Waals surface area contributed by atoms with E-state index in [9.17, 15) is 4.79 Å². The Bertz CT molecular complexity index is 1210. The van der Waals surface area contributed by atoms with E-state index in [1.807, 2.05) is 48.7 Å². The van der Waals surface area contributed by atoms with Gasteiger partial charge in [-0.05, 0) is 42.0 Å². The van der Waals surface area contributed by atoms with Gasteiger partial charge in [-0.3, -0.25) is 4.79 Å². The first-order chi connectivity index (χ1) is 14.6. The number of fused-ring (bicyclic) bond motifs is 1. The summed E-state index contributed by atoms with van der Waals surface area (Å²) in [6, 6.07) is 22.8. The maximum absolute atomic E-state index is 12.3. The lowest BCUT2D eigenvalue weighted by Crippen LogP contribution is -2.17. The van der Waals surface area contributed by atoms with Crippen LogP contribution in [0.3, 0.4) is 0 Å². The topological polar surface area (TPSA) is 55.6 Å². The van der Waals surface area contributed by atoms with Crippen molar-refractivity contribution in [1.29, 1.82) is 0 Å². The molecule has 1 aromatic heterocycles. The summed E-state index contributed by atoms with van der Waals surface area (Å²) < 4.78 is 7.31. The molecule has 0 radical (unpaired) electrons. The number of carbonyl (C=O) groups is 1. The fourth-order valence-corrected chi connectivity index (χ4v) is 3.41. The van der Waals surface area contributed by atoms with E-state index >= 15 is 0 Å². The number of methoxy groups -OCH3 is 1. The summed E-state index contributed by atoms with van der Waals surface area (Å²) in [5.41, 5.74) is 6.22. The Kier molecular flexibility index (Phi) is 5.82. The standard InChI is InChI=1S/C24H20ClN3O2/c1-30-21-6-4-5-18(13-21)24(29)27-26-14-19-16-28(23-8-3-2-7-22(19)23)15-17-9-11-20(25)12-10-17/h2-14,16H,15H2,1H3,(H,27,29)/b26-14-. The molecule has 1 N–H and O–H groups in total. The first-order valence-electron chi connectivity index (χ1n) is 9.44. The van der Waals surface area contributed by atoms with Gasteiger partial charge >= 0.3 is 0 Å². The molecule has 4 rings (SSSR count). The molecular formula is C24H20ClN3O2. The molecule has 6 heteroatoms. The summed E-state index contributed by atoms with van der Waals surface area (Å²) in [5.74, 6) is 0.326. The number of ether oxygens (including phenoxy) is 1. The van der Waals surface area contributed by atoms with Crippen LogP contribution in [-0.4, -0.2) is 23.8 Å². The van der Waals surface area contributed by atoms with Crippen molar-refractivity contribution in [2.75, 3.05) is 7.11 Å². The predicted molar refractivity (Wildman–Crippen MR) is 121 cm³/mol. The number of carbonyl (C=O) groups excluding carboxylic acids is 1. The molecule has 30 heavy (non-hydrogen) atoms. The molecule has 1 amide bonds. The number of nitrogens with zero attached hydrogens (tertiary/aromatic N) is 2. The monoisotopic (exact) mass is 417 g/mol. The van der Waals surface area contributed by atoms with E-state index in [0.717, 1.165) is 27.1 Å². The minimum absolute atomic E-state index is 0.296. The van der Waals surface area contributed by atoms with Crippen LogP contribution in [0.1, 0.15) is 21.5 Å². The van der Waals surface area contributed by atoms with Crippen LogP contribution in [0.25, 0.3) is 10.9 Å². The van der Waals surface area contributed by atoms with Gasteiger partial charge in [0.25, 0.3) is 5.91 Å². The number of benzene rings is 3. The van der Waals surface area contributed by atoms with Gasteiger partial charge in [0, 0.05) is 39.8 Å². The van der Waals surface area contributed by atoms with Crippen LogP contribution in [0.4, 0.5) is 0 Å². The fraction of sp³-hybridized carbons (Fsp3) is 0.0833. The van der Waals surface area contributed by atoms with Crippen molar-refractivity contribution in [2.45, 2.75) is 6.54 Å². The van der Waals surface area contributed by atoms with Crippen LogP contribution in [0.15, 0.2) is 84.1 Å². The lowest BCUT2D eigenvalue weighted by molar-refractivity contribution is 0.0955. The van der Waals surface area contributed by atoms with Crippen LogP contribution in [0.2, 0.25) is 5.02 Å². The maximum atomic E-state index is 12.3. The van der Waals surface area contributed by atoms with Crippen LogP contribution >= 0.6 is 11.6 Å². The minimum Gasteiger partial charge on any atom is -0.497 e. The summed E-state index contributed by atoms with van der Waals surface area (Å²) in [6.45, 7) is 0.710. The van der Waals surface area contributed by atoms with Crippen LogP contribution in [0, 0.1) is 0 Å². The molecule has 0 aliphatic rings. The number of hydrazone groups is 1. The van der Waals surface area contributed by atoms with Crippen molar-refractivity contribution in [3.8, 4) is 5.75 Å². The predicted octanol–water partition coefficient (Wildman–Crippen LogP) is 5.12. The zero-order valence-corrected chi connectivity index (χ0v) is 17.1. The number of hydrogen-bond acceptors (Lipinski definition) is 3. The zero-order valence-electron chi connectivity index (χ0n) is 16.4. The summed E-state index contributed by atoms with van der Waals surface area (Å²) in [5, 5.41) is 5.94. The number of hydrogen-bond donors (Lipinski definition) is 1. The smallest absolute Gasteiger partial charge is 0.271 e. The van der Waals surface area contributed by atoms with Crippen LogP contribution in [0.5, 0.6) is 5.75 Å². The maximum Gasteiger partial charge on any atom is 0.271 e. The Balaban J connectivity index is 1.55. The normalized spacial score (nSPS) is 11.1. The Morgan fingerprint density at radius 1 is 1.10 bits per heavy atom. The molecule has 0 atom stereocenters. The third kappa shape index (κ3) is 4.36. The molecule has 1 heterocycles. The van der Waals surface area contributed by atoms with Gasteiger partial charge in [-0.15, -0.1) is 0 Å². The van der Waals surface area contributed by atoms with Gasteiger partial charge in [0.1, 0.15) is 5.75 Å². The molecule has 4 aromatic rings. The molecule has 0 bridgehead atoms. The number of para-hydroxylation sites is 1. The van der Waals surface area contributed by atoms with E-state index in [-0.39, 0.29) is 5.91 Å². The molecule has 0 aliphatic heterocycles. The van der Waals surface area contributed by atoms with Crippen molar-refractivity contribution < 1.29 is 9.53 Å². The number of aromatic nitrogens is 1. The third-order valence-electron chi connectivity index (χ3n) is 4.79. The molecule has 5 nitrogen and oxygen atoms in total. The highest BCUT2D eigenvalue weighted by Gasteiger charge is 2.08. The molecule has 0 unspecified atom stereocenters. The van der Waals surface area contributed by atoms with Gasteiger partial charge in [-0.1, -0.05) is 48.0 Å². The molecule has 150 valence electrons. The average molecular weight is 418 g/mol. The lowest BCUT2D eigenvalue weighted by Gasteiger charge is -2.05. The van der Waals surface area contributed by atoms with Gasteiger partial charge < -0.3 is 9.30 Å². The molecular weight excluding hydrogens is 398 g/mol. The molecule has 0 saturated heterocycles. The van der Waals surface area contributed by atoms with Gasteiger partial charge in [0.2, 0.25) is 0 Å². The molecule has 0 fully saturated rings. The van der Waals surface area contributed by atoms with Gasteiger partial charge in [0.05, 0.1) is 13.3 Å². The summed E-state index contributed by atoms with van der Waals surface area (Å²) in [6.07, 6.45) is 3.69. The molecule has 0 saturated carbocycles. The van der Waals surface area contributed by atoms with E-state index in [2.05, 4.69) is 21.2 Å². The Morgan fingerprint density at radius 2 is 1.90 bits per heavy atom. The lowest BCUT2D eigenvalue weighted by atomic mass is 10.2. The van der Waals surface area contributed by atoms with Crippen molar-refractivity contribution >= 4 is 34.6 Å². The first-order valence-corrected chi connectivity index (χ1v) is 9.81. The minimum atomic E-state index is -0.296. The van der Waals surface area contributed by atoms with Crippen LogP contribution < -0.4 is 10.2 Å². The number of rotatable bonds is 6. The fourth-order valence-electron chi connectivity index (χ4n) is 3.28. The third-order valence-corrected chi connectivity index (χ3v) is 5.04. The Morgan fingerprint density at radius 3 is 2.70 bits per heavy atom. The van der Waals surface area contributed by atoms with E-state index in [4.69, 9.17) is 16.3 Å². The number of nitrogens with one attached hydrogen (secondary N) is 1. The summed E-state index contributed by atoms with van der Waals surface area (Å²) in [7, 11) is 1.56. The van der Waals surface area contributed by atoms with Crippen LogP contribution in [-0.2, 0) is 6.54 Å². The average Bonchev–Trinajstić information content (AvgIpc) is 3.13. The van der Waals surface area contributed by atoms with Gasteiger partial charge in [0.15, 0.2) is 0 Å². The molecule has 3 aromatic carbocycles. The van der Waals surface area contributed by atoms with Crippen molar-refractivity contribution in [3.05, 3.63) is 101 Å². The Labute approximate surface area is 179 Å². The molecule has 0 spiro atoms. The van der Waals surface area contributed by atoms with Gasteiger partial charge in [-0.25, -0.2) is 5.43 Å². The van der Waals surface area contributed by atoms with Crippen molar-refractivity contribution in [2.24, 2.45) is 5.10 Å². The first kappa shape index (κ1) is 19.7. The van der Waals surface area contributed by atoms with E-state index in [1.54, 1.807) is 37.6 Å². The largest absolute Gasteiger partial charge is 0.497 e. The van der Waals surface area contributed by atoms with E-state index in [1.165, 1.54) is 0 Å². The quantitative estimate of drug-likeness (QED) is 0.350. The Hall–Kier alpha value is -3.57. The highest BCUT2D eigenvalue weighted by molar-refractivity contribution is 6.30. The second-order valence-electron chi connectivity index (χ2n) is 6.79. The second-order valence-corrected chi connectivity index (χ2v) is 7.22. The summed E-state index contributed by atoms with van der Waals surface area (Å²) in [4.78, 5) is 12.3. The molecule has 0 aliphatic carbocycles. The SMILES string of the molecule is COc1cccc(C(=O)N/N=C\c2cn(Cc3ccc(Cl)cc3)c3ccccc23)c1. The number of halogens is 1. The van der Waals surface area contributed by atoms with Crippen molar-refractivity contribution in [1.82, 2.24) is 9.99 Å². The zero-order chi connectivity index (χ0) is 20.9. The van der Waals surface area contributed by atoms with Gasteiger partial charge in [-0.2, -0.15) is 5.10 Å².